The van der Waals surface area contributed by atoms with Crippen molar-refractivity contribution in [1.82, 2.24) is 0 Å². The molecule has 0 unspecified atom stereocenters. The summed E-state index contributed by atoms with van der Waals surface area (Å²) in [5, 5.41) is 2.04. The van der Waals surface area contributed by atoms with Gasteiger partial charge < -0.3 is 0 Å². The number of rotatable bonds is 2. The molecule has 0 spiro atoms. The summed E-state index contributed by atoms with van der Waals surface area (Å²) in [6, 6.07) is 2.07. The van der Waals surface area contributed by atoms with Gasteiger partial charge in [0, 0.05) is 4.88 Å². The highest BCUT2D eigenvalue weighted by atomic mass is 32.1. The molecule has 1 nitrogen and oxygen atoms in total. The molecule has 64 valence electrons. The zero-order chi connectivity index (χ0) is 9.14. The summed E-state index contributed by atoms with van der Waals surface area (Å²) in [6.45, 7) is 5.61. The smallest absolute Gasteiger partial charge is 0.152 e. The number of carbonyl (C=O) groups is 1. The van der Waals surface area contributed by atoms with Crippen LogP contribution in [0.15, 0.2) is 17.5 Å². The Balaban J connectivity index is 2.99. The molecule has 0 aromatic carbocycles. The number of hydrogen-bond acceptors (Lipinski definition) is 2. The second kappa shape index (κ2) is 3.68. The molecule has 0 aliphatic carbocycles. The fourth-order valence-electron chi connectivity index (χ4n) is 1.15. The second-order valence-electron chi connectivity index (χ2n) is 2.87. The number of carbonyl (C=O) groups excluding carboxylic acids is 1. The molecule has 1 aromatic rings. The first kappa shape index (κ1) is 9.20. The lowest BCUT2D eigenvalue weighted by Crippen LogP contribution is -1.84. The molecule has 0 aliphatic heterocycles. The molecule has 0 aliphatic rings. The van der Waals surface area contributed by atoms with E-state index in [0.29, 0.717) is 0 Å². The van der Waals surface area contributed by atoms with Crippen LogP contribution in [-0.4, -0.2) is 5.78 Å². The minimum Gasteiger partial charge on any atom is -0.295 e. The van der Waals surface area contributed by atoms with Crippen LogP contribution in [0.4, 0.5) is 0 Å². The SMILES string of the molecule is CC(=O)/C=C(/C)c1sccc1C. The third-order valence-corrected chi connectivity index (χ3v) is 2.79. The Morgan fingerprint density at radius 1 is 1.50 bits per heavy atom. The van der Waals surface area contributed by atoms with E-state index in [9.17, 15) is 4.79 Å². The van der Waals surface area contributed by atoms with Crippen LogP contribution in [0.5, 0.6) is 0 Å². The van der Waals surface area contributed by atoms with E-state index < -0.39 is 0 Å². The normalized spacial score (nSPS) is 11.8. The third-order valence-electron chi connectivity index (χ3n) is 1.64. The predicted octanol–water partition coefficient (Wildman–Crippen LogP) is 3.05. The van der Waals surface area contributed by atoms with Crippen LogP contribution in [0, 0.1) is 6.92 Å². The van der Waals surface area contributed by atoms with E-state index in [1.54, 1.807) is 24.3 Å². The predicted molar refractivity (Wildman–Crippen MR) is 53.4 cm³/mol. The van der Waals surface area contributed by atoms with Crippen LogP contribution in [0.3, 0.4) is 0 Å². The minimum atomic E-state index is 0.111. The van der Waals surface area contributed by atoms with Gasteiger partial charge in [0.2, 0.25) is 0 Å². The summed E-state index contributed by atoms with van der Waals surface area (Å²) in [4.78, 5) is 12.0. The van der Waals surface area contributed by atoms with Crippen molar-refractivity contribution in [2.45, 2.75) is 20.8 Å². The molecule has 12 heavy (non-hydrogen) atoms. The summed E-state index contributed by atoms with van der Waals surface area (Å²) in [6.07, 6.45) is 1.68. The highest BCUT2D eigenvalue weighted by molar-refractivity contribution is 7.11. The standard InChI is InChI=1S/C10H12OS/c1-7-4-5-12-10(7)8(2)6-9(3)11/h4-6H,1-3H3/b8-6-. The van der Waals surface area contributed by atoms with Gasteiger partial charge in [-0.1, -0.05) is 0 Å². The van der Waals surface area contributed by atoms with Gasteiger partial charge in [-0.15, -0.1) is 11.3 Å². The Morgan fingerprint density at radius 3 is 2.58 bits per heavy atom. The van der Waals surface area contributed by atoms with Crippen molar-refractivity contribution in [2.75, 3.05) is 0 Å². The highest BCUT2D eigenvalue weighted by Gasteiger charge is 2.01. The van der Waals surface area contributed by atoms with Gasteiger partial charge in [0.15, 0.2) is 5.78 Å². The van der Waals surface area contributed by atoms with E-state index in [-0.39, 0.29) is 5.78 Å². The molecule has 1 aromatic heterocycles. The minimum absolute atomic E-state index is 0.111. The second-order valence-corrected chi connectivity index (χ2v) is 3.79. The van der Waals surface area contributed by atoms with Crippen molar-refractivity contribution in [1.29, 1.82) is 0 Å². The zero-order valence-electron chi connectivity index (χ0n) is 7.55. The molecule has 0 atom stereocenters. The van der Waals surface area contributed by atoms with E-state index in [4.69, 9.17) is 0 Å². The Bertz CT molecular complexity index is 320. The van der Waals surface area contributed by atoms with Gasteiger partial charge in [-0.25, -0.2) is 0 Å². The number of ketones is 1. The topological polar surface area (TPSA) is 17.1 Å². The summed E-state index contributed by atoms with van der Waals surface area (Å²) in [5.74, 6) is 0.111. The molecule has 0 N–H and O–H groups in total. The Hall–Kier alpha value is -0.890. The van der Waals surface area contributed by atoms with Crippen LogP contribution in [-0.2, 0) is 4.79 Å². The molecular formula is C10H12OS. The average molecular weight is 180 g/mol. The molecule has 0 saturated heterocycles. The van der Waals surface area contributed by atoms with Gasteiger partial charge in [0.05, 0.1) is 0 Å². The molecule has 0 bridgehead atoms. The number of allylic oxidation sites excluding steroid dienone is 2. The van der Waals surface area contributed by atoms with Gasteiger partial charge in [0.25, 0.3) is 0 Å². The fraction of sp³-hybridized carbons (Fsp3) is 0.300. The number of thiophene rings is 1. The van der Waals surface area contributed by atoms with Crippen molar-refractivity contribution in [2.24, 2.45) is 0 Å². The van der Waals surface area contributed by atoms with E-state index in [0.717, 1.165) is 5.57 Å². The maximum atomic E-state index is 10.8. The highest BCUT2D eigenvalue weighted by Crippen LogP contribution is 2.23. The first-order valence-corrected chi connectivity index (χ1v) is 4.72. The number of aryl methyl sites for hydroxylation is 1. The molecule has 0 radical (unpaired) electrons. The largest absolute Gasteiger partial charge is 0.295 e. The third kappa shape index (κ3) is 2.05. The monoisotopic (exact) mass is 180 g/mol. The molecular weight excluding hydrogens is 168 g/mol. The molecule has 1 rings (SSSR count). The number of hydrogen-bond donors (Lipinski definition) is 0. The lowest BCUT2D eigenvalue weighted by atomic mass is 10.1. The van der Waals surface area contributed by atoms with Crippen molar-refractivity contribution < 1.29 is 4.79 Å². The van der Waals surface area contributed by atoms with Crippen LogP contribution in [0.2, 0.25) is 0 Å². The van der Waals surface area contributed by atoms with E-state index in [1.807, 2.05) is 12.3 Å². The van der Waals surface area contributed by atoms with Crippen molar-refractivity contribution in [3.63, 3.8) is 0 Å². The Kier molecular flexibility index (Phi) is 2.82. The maximum Gasteiger partial charge on any atom is 0.152 e. The molecule has 1 heterocycles. The molecule has 2 heteroatoms. The van der Waals surface area contributed by atoms with E-state index in [2.05, 4.69) is 13.0 Å². The van der Waals surface area contributed by atoms with Gasteiger partial charge in [-0.05, 0) is 49.4 Å². The van der Waals surface area contributed by atoms with Crippen molar-refractivity contribution >= 4 is 22.7 Å². The molecule has 0 fully saturated rings. The average Bonchev–Trinajstić information content (AvgIpc) is 2.33. The van der Waals surface area contributed by atoms with Crippen LogP contribution in [0.25, 0.3) is 5.57 Å². The van der Waals surface area contributed by atoms with Crippen LogP contribution in [0.1, 0.15) is 24.3 Å². The summed E-state index contributed by atoms with van der Waals surface area (Å²) < 4.78 is 0. The fourth-order valence-corrected chi connectivity index (χ4v) is 2.05. The van der Waals surface area contributed by atoms with Gasteiger partial charge in [-0.2, -0.15) is 0 Å². The van der Waals surface area contributed by atoms with Gasteiger partial charge in [-0.3, -0.25) is 4.79 Å². The quantitative estimate of drug-likeness (QED) is 0.639. The summed E-state index contributed by atoms with van der Waals surface area (Å²) in [7, 11) is 0. The van der Waals surface area contributed by atoms with Crippen molar-refractivity contribution in [3.05, 3.63) is 28.0 Å². The van der Waals surface area contributed by atoms with E-state index >= 15 is 0 Å². The summed E-state index contributed by atoms with van der Waals surface area (Å²) >= 11 is 1.68. The molecule has 0 saturated carbocycles. The lowest BCUT2D eigenvalue weighted by Gasteiger charge is -1.97. The van der Waals surface area contributed by atoms with Gasteiger partial charge in [0.1, 0.15) is 0 Å². The maximum absolute atomic E-state index is 10.8. The van der Waals surface area contributed by atoms with Crippen LogP contribution >= 0.6 is 11.3 Å². The van der Waals surface area contributed by atoms with Crippen molar-refractivity contribution in [3.8, 4) is 0 Å². The first-order valence-electron chi connectivity index (χ1n) is 3.84. The molecule has 0 amide bonds. The van der Waals surface area contributed by atoms with Gasteiger partial charge >= 0.3 is 0 Å². The Morgan fingerprint density at radius 2 is 2.17 bits per heavy atom. The van der Waals surface area contributed by atoms with Crippen LogP contribution < -0.4 is 0 Å². The zero-order valence-corrected chi connectivity index (χ0v) is 8.37. The summed E-state index contributed by atoms with van der Waals surface area (Å²) in [5.41, 5.74) is 2.31. The first-order chi connectivity index (χ1) is 5.61. The lowest BCUT2D eigenvalue weighted by molar-refractivity contribution is -0.112. The van der Waals surface area contributed by atoms with E-state index in [1.165, 1.54) is 10.4 Å². The Labute approximate surface area is 76.7 Å².